The maximum Gasteiger partial charge on any atom is 0.265 e. The van der Waals surface area contributed by atoms with Crippen molar-refractivity contribution in [3.8, 4) is 0 Å². The Morgan fingerprint density at radius 1 is 0.970 bits per heavy atom. The number of nitrogens with zero attached hydrogens (tertiary/aromatic N) is 1. The number of halogens is 1. The molecule has 0 aliphatic carbocycles. The molecule has 5 nitrogen and oxygen atoms in total. The van der Waals surface area contributed by atoms with Gasteiger partial charge in [-0.2, -0.15) is 0 Å². The third-order valence-electron chi connectivity index (χ3n) is 5.69. The predicted molar refractivity (Wildman–Crippen MR) is 134 cm³/mol. The van der Waals surface area contributed by atoms with Gasteiger partial charge in [-0.1, -0.05) is 68.8 Å². The van der Waals surface area contributed by atoms with Gasteiger partial charge in [0, 0.05) is 23.1 Å². The highest BCUT2D eigenvalue weighted by molar-refractivity contribution is 6.34. The van der Waals surface area contributed by atoms with E-state index in [1.54, 1.807) is 36.4 Å². The number of rotatable bonds is 5. The summed E-state index contributed by atoms with van der Waals surface area (Å²) in [4.78, 5) is 24.8. The Labute approximate surface area is 198 Å². The van der Waals surface area contributed by atoms with Crippen LogP contribution in [-0.4, -0.2) is 16.4 Å². The van der Waals surface area contributed by atoms with Gasteiger partial charge in [-0.25, -0.2) is 0 Å². The average Bonchev–Trinajstić information content (AvgIpc) is 3.11. The number of benzene rings is 3. The van der Waals surface area contributed by atoms with Crippen molar-refractivity contribution in [2.24, 2.45) is 5.73 Å². The van der Waals surface area contributed by atoms with Crippen molar-refractivity contribution in [2.45, 2.75) is 32.7 Å². The Balaban J connectivity index is 1.65. The Morgan fingerprint density at radius 2 is 1.67 bits per heavy atom. The van der Waals surface area contributed by atoms with Crippen molar-refractivity contribution in [3.05, 3.63) is 100 Å². The smallest absolute Gasteiger partial charge is 0.265 e. The van der Waals surface area contributed by atoms with Crippen LogP contribution in [0, 0.1) is 0 Å². The molecule has 2 amide bonds. The van der Waals surface area contributed by atoms with Gasteiger partial charge in [-0.3, -0.25) is 9.59 Å². The van der Waals surface area contributed by atoms with E-state index in [4.69, 9.17) is 17.3 Å². The van der Waals surface area contributed by atoms with E-state index in [0.717, 1.165) is 16.5 Å². The lowest BCUT2D eigenvalue weighted by Gasteiger charge is -2.19. The maximum absolute atomic E-state index is 12.6. The fraction of sp³-hybridized carbons (Fsp3) is 0.185. The van der Waals surface area contributed by atoms with E-state index >= 15 is 0 Å². The number of anilines is 1. The minimum Gasteiger partial charge on any atom is -0.364 e. The number of nitrogens with one attached hydrogen (secondary N) is 1. The number of hydrogen-bond acceptors (Lipinski definition) is 2. The molecular weight excluding hydrogens is 434 g/mol. The molecule has 0 saturated carbocycles. The zero-order chi connectivity index (χ0) is 23.8. The Hall–Kier alpha value is -3.57. The highest BCUT2D eigenvalue weighted by Crippen LogP contribution is 2.27. The molecule has 0 atom stereocenters. The molecule has 0 fully saturated rings. The summed E-state index contributed by atoms with van der Waals surface area (Å²) in [5.74, 6) is -0.799. The van der Waals surface area contributed by atoms with Crippen molar-refractivity contribution < 1.29 is 9.59 Å². The fourth-order valence-electron chi connectivity index (χ4n) is 3.86. The zero-order valence-electron chi connectivity index (χ0n) is 18.9. The molecule has 33 heavy (non-hydrogen) atoms. The summed E-state index contributed by atoms with van der Waals surface area (Å²) in [6.07, 6.45) is 0. The molecule has 0 spiro atoms. The van der Waals surface area contributed by atoms with Gasteiger partial charge in [0.05, 0.1) is 10.6 Å². The van der Waals surface area contributed by atoms with Crippen LogP contribution in [0.15, 0.2) is 72.8 Å². The zero-order valence-corrected chi connectivity index (χ0v) is 19.6. The number of primary amides is 1. The summed E-state index contributed by atoms with van der Waals surface area (Å²) in [6.45, 7) is 7.04. The van der Waals surface area contributed by atoms with E-state index in [-0.39, 0.29) is 11.3 Å². The van der Waals surface area contributed by atoms with Gasteiger partial charge in [-0.05, 0) is 52.9 Å². The summed E-state index contributed by atoms with van der Waals surface area (Å²) in [5, 5.41) is 4.07. The lowest BCUT2D eigenvalue weighted by molar-refractivity contribution is 0.0990. The molecule has 0 bridgehead atoms. The highest BCUT2D eigenvalue weighted by Gasteiger charge is 2.17. The quantitative estimate of drug-likeness (QED) is 0.384. The molecule has 6 heteroatoms. The number of carbonyl (C=O) groups is 2. The number of aromatic nitrogens is 1. The van der Waals surface area contributed by atoms with Crippen molar-refractivity contribution in [3.63, 3.8) is 0 Å². The van der Waals surface area contributed by atoms with E-state index in [0.29, 0.717) is 28.5 Å². The number of amides is 2. The SMILES string of the molecule is CC(C)(C)c1ccc(Cn2c(C(N)=O)cc3cc(NC(=O)c4ccccc4Cl)ccc32)cc1. The minimum atomic E-state index is -0.501. The first-order chi connectivity index (χ1) is 15.6. The Kier molecular flexibility index (Phi) is 6.00. The molecule has 3 aromatic carbocycles. The van der Waals surface area contributed by atoms with Crippen molar-refractivity contribution in [1.82, 2.24) is 4.57 Å². The van der Waals surface area contributed by atoms with Gasteiger partial charge in [-0.15, -0.1) is 0 Å². The second kappa shape index (κ2) is 8.75. The minimum absolute atomic E-state index is 0.0713. The molecule has 3 N–H and O–H groups in total. The molecule has 1 heterocycles. The largest absolute Gasteiger partial charge is 0.364 e. The lowest BCUT2D eigenvalue weighted by atomic mass is 9.87. The number of fused-ring (bicyclic) bond motifs is 1. The van der Waals surface area contributed by atoms with Gasteiger partial charge in [0.15, 0.2) is 0 Å². The Morgan fingerprint density at radius 3 is 2.30 bits per heavy atom. The predicted octanol–water partition coefficient (Wildman–Crippen LogP) is 5.99. The van der Waals surface area contributed by atoms with E-state index in [1.165, 1.54) is 5.56 Å². The van der Waals surface area contributed by atoms with Gasteiger partial charge in [0.25, 0.3) is 11.8 Å². The van der Waals surface area contributed by atoms with Crippen LogP contribution in [-0.2, 0) is 12.0 Å². The standard InChI is InChI=1S/C27H26ClN3O2/c1-27(2,3)19-10-8-17(9-11-19)16-31-23-13-12-20(14-18(23)15-24(31)25(29)32)30-26(33)21-6-4-5-7-22(21)28/h4-15H,16H2,1-3H3,(H2,29,32)(H,30,33). The van der Waals surface area contributed by atoms with Crippen LogP contribution < -0.4 is 11.1 Å². The Bertz CT molecular complexity index is 1350. The van der Waals surface area contributed by atoms with Crippen molar-refractivity contribution in [2.75, 3.05) is 5.32 Å². The van der Waals surface area contributed by atoms with Gasteiger partial charge in [0.1, 0.15) is 5.69 Å². The molecular formula is C27H26ClN3O2. The van der Waals surface area contributed by atoms with Crippen LogP contribution in [0.1, 0.15) is 52.7 Å². The van der Waals surface area contributed by atoms with E-state index in [2.05, 4.69) is 50.4 Å². The van der Waals surface area contributed by atoms with Crippen molar-refractivity contribution >= 4 is 40.0 Å². The summed E-state index contributed by atoms with van der Waals surface area (Å²) < 4.78 is 1.91. The lowest BCUT2D eigenvalue weighted by Crippen LogP contribution is -2.17. The molecule has 1 aromatic heterocycles. The molecule has 4 aromatic rings. The summed E-state index contributed by atoms with van der Waals surface area (Å²) in [7, 11) is 0. The van der Waals surface area contributed by atoms with E-state index in [9.17, 15) is 9.59 Å². The molecule has 0 unspecified atom stereocenters. The average molecular weight is 460 g/mol. The van der Waals surface area contributed by atoms with Gasteiger partial charge in [0.2, 0.25) is 0 Å². The third kappa shape index (κ3) is 4.78. The van der Waals surface area contributed by atoms with Crippen LogP contribution >= 0.6 is 11.6 Å². The molecule has 0 aliphatic heterocycles. The highest BCUT2D eigenvalue weighted by atomic mass is 35.5. The molecule has 0 radical (unpaired) electrons. The first kappa shape index (κ1) is 22.6. The van der Waals surface area contributed by atoms with E-state index < -0.39 is 5.91 Å². The fourth-order valence-corrected chi connectivity index (χ4v) is 4.08. The maximum atomic E-state index is 12.6. The van der Waals surface area contributed by atoms with Crippen LogP contribution in [0.25, 0.3) is 10.9 Å². The summed E-state index contributed by atoms with van der Waals surface area (Å²) in [6, 6.07) is 22.5. The second-order valence-electron chi connectivity index (χ2n) is 9.13. The molecule has 4 rings (SSSR count). The van der Waals surface area contributed by atoms with Crippen LogP contribution in [0.5, 0.6) is 0 Å². The summed E-state index contributed by atoms with van der Waals surface area (Å²) >= 11 is 6.14. The van der Waals surface area contributed by atoms with E-state index in [1.807, 2.05) is 16.7 Å². The number of hydrogen-bond donors (Lipinski definition) is 2. The molecule has 0 aliphatic rings. The topological polar surface area (TPSA) is 77.1 Å². The van der Waals surface area contributed by atoms with Gasteiger partial charge < -0.3 is 15.6 Å². The van der Waals surface area contributed by atoms with Crippen LogP contribution in [0.3, 0.4) is 0 Å². The van der Waals surface area contributed by atoms with Crippen LogP contribution in [0.2, 0.25) is 5.02 Å². The van der Waals surface area contributed by atoms with Crippen LogP contribution in [0.4, 0.5) is 5.69 Å². The van der Waals surface area contributed by atoms with Crippen molar-refractivity contribution in [1.29, 1.82) is 0 Å². The monoisotopic (exact) mass is 459 g/mol. The molecule has 168 valence electrons. The van der Waals surface area contributed by atoms with Gasteiger partial charge >= 0.3 is 0 Å². The normalized spacial score (nSPS) is 11.5. The second-order valence-corrected chi connectivity index (χ2v) is 9.54. The first-order valence-corrected chi connectivity index (χ1v) is 11.1. The molecule has 0 saturated heterocycles. The first-order valence-electron chi connectivity index (χ1n) is 10.7. The third-order valence-corrected chi connectivity index (χ3v) is 6.02. The number of carbonyl (C=O) groups excluding carboxylic acids is 2. The number of nitrogens with two attached hydrogens (primary N) is 1. The summed E-state index contributed by atoms with van der Waals surface area (Å²) in [5.41, 5.74) is 10.3.